The Labute approximate surface area is 144 Å². The summed E-state index contributed by atoms with van der Waals surface area (Å²) in [5, 5.41) is 22.4. The number of carbonyl (C=O) groups is 1. The number of aromatic amines is 1. The maximum atomic E-state index is 11.2. The lowest BCUT2D eigenvalue weighted by atomic mass is 9.89. The molecule has 2 aromatic heterocycles. The van der Waals surface area contributed by atoms with Gasteiger partial charge in [0.1, 0.15) is 0 Å². The molecule has 0 unspecified atom stereocenters. The Morgan fingerprint density at radius 1 is 1.36 bits per heavy atom. The van der Waals surface area contributed by atoms with Crippen LogP contribution >= 0.6 is 0 Å². The Bertz CT molecular complexity index is 907. The van der Waals surface area contributed by atoms with Crippen LogP contribution in [0.4, 0.5) is 0 Å². The van der Waals surface area contributed by atoms with Gasteiger partial charge in [-0.2, -0.15) is 4.80 Å². The Morgan fingerprint density at radius 3 is 2.84 bits per heavy atom. The molecule has 0 amide bonds. The van der Waals surface area contributed by atoms with Crippen LogP contribution in [0.1, 0.15) is 40.5 Å². The zero-order valence-corrected chi connectivity index (χ0v) is 14.0. The SMILES string of the molecule is Cn1nnc(CN2CCC(c3c[nH]c4ccc(C(=O)O)cc34)CC2)n1. The minimum Gasteiger partial charge on any atom is -0.478 e. The number of hydrogen-bond donors (Lipinski definition) is 2. The number of tetrazole rings is 1. The fraction of sp³-hybridized carbons (Fsp3) is 0.412. The Morgan fingerprint density at radius 2 is 2.16 bits per heavy atom. The summed E-state index contributed by atoms with van der Waals surface area (Å²) >= 11 is 0. The van der Waals surface area contributed by atoms with Crippen molar-refractivity contribution in [1.82, 2.24) is 30.1 Å². The van der Waals surface area contributed by atoms with Crippen LogP contribution < -0.4 is 0 Å². The van der Waals surface area contributed by atoms with Gasteiger partial charge in [-0.1, -0.05) is 0 Å². The van der Waals surface area contributed by atoms with Crippen LogP contribution in [0.3, 0.4) is 0 Å². The first-order chi connectivity index (χ1) is 12.1. The average molecular weight is 340 g/mol. The number of carboxylic acids is 1. The van der Waals surface area contributed by atoms with E-state index in [0.717, 1.165) is 49.2 Å². The van der Waals surface area contributed by atoms with E-state index in [1.165, 1.54) is 10.4 Å². The van der Waals surface area contributed by atoms with Crippen LogP contribution in [0.2, 0.25) is 0 Å². The van der Waals surface area contributed by atoms with Gasteiger partial charge in [-0.3, -0.25) is 4.90 Å². The number of fused-ring (bicyclic) bond motifs is 1. The van der Waals surface area contributed by atoms with Crippen LogP contribution in [0.15, 0.2) is 24.4 Å². The van der Waals surface area contributed by atoms with Gasteiger partial charge in [-0.05, 0) is 60.8 Å². The number of aromatic nitrogens is 5. The summed E-state index contributed by atoms with van der Waals surface area (Å²) in [5.41, 5.74) is 2.54. The van der Waals surface area contributed by atoms with Gasteiger partial charge in [-0.15, -0.1) is 10.2 Å². The van der Waals surface area contributed by atoms with E-state index in [9.17, 15) is 9.90 Å². The van der Waals surface area contributed by atoms with E-state index in [4.69, 9.17) is 0 Å². The molecule has 0 radical (unpaired) electrons. The summed E-state index contributed by atoms with van der Waals surface area (Å²) in [4.78, 5) is 18.3. The standard InChI is InChI=1S/C17H20N6O2/c1-22-20-16(19-21-22)10-23-6-4-11(5-7-23)14-9-18-15-3-2-12(17(24)25)8-13(14)15/h2-3,8-9,11,18H,4-7,10H2,1H3,(H,24,25). The molecule has 0 aliphatic carbocycles. The Hall–Kier alpha value is -2.74. The van der Waals surface area contributed by atoms with E-state index in [0.29, 0.717) is 11.5 Å². The van der Waals surface area contributed by atoms with Crippen molar-refractivity contribution in [3.63, 3.8) is 0 Å². The van der Waals surface area contributed by atoms with Crippen molar-refractivity contribution in [3.8, 4) is 0 Å². The van der Waals surface area contributed by atoms with E-state index >= 15 is 0 Å². The van der Waals surface area contributed by atoms with Crippen molar-refractivity contribution in [1.29, 1.82) is 0 Å². The minimum absolute atomic E-state index is 0.333. The van der Waals surface area contributed by atoms with Gasteiger partial charge < -0.3 is 10.1 Å². The predicted molar refractivity (Wildman–Crippen MR) is 91.3 cm³/mol. The molecule has 0 bridgehead atoms. The van der Waals surface area contributed by atoms with E-state index in [2.05, 4.69) is 25.3 Å². The largest absolute Gasteiger partial charge is 0.478 e. The van der Waals surface area contributed by atoms with Crippen molar-refractivity contribution in [2.24, 2.45) is 7.05 Å². The normalized spacial score (nSPS) is 16.5. The lowest BCUT2D eigenvalue weighted by molar-refractivity contribution is 0.0697. The topological polar surface area (TPSA) is 99.9 Å². The summed E-state index contributed by atoms with van der Waals surface area (Å²) in [6.07, 6.45) is 4.09. The number of benzene rings is 1. The van der Waals surface area contributed by atoms with Gasteiger partial charge in [0.2, 0.25) is 0 Å². The molecule has 8 nitrogen and oxygen atoms in total. The molecule has 25 heavy (non-hydrogen) atoms. The smallest absolute Gasteiger partial charge is 0.335 e. The highest BCUT2D eigenvalue weighted by atomic mass is 16.4. The summed E-state index contributed by atoms with van der Waals surface area (Å²) in [6, 6.07) is 5.26. The highest BCUT2D eigenvalue weighted by Crippen LogP contribution is 2.33. The van der Waals surface area contributed by atoms with Crippen molar-refractivity contribution < 1.29 is 9.90 Å². The second kappa shape index (κ2) is 6.29. The quantitative estimate of drug-likeness (QED) is 0.751. The number of hydrogen-bond acceptors (Lipinski definition) is 5. The maximum absolute atomic E-state index is 11.2. The van der Waals surface area contributed by atoms with Gasteiger partial charge in [0.05, 0.1) is 19.2 Å². The lowest BCUT2D eigenvalue weighted by Gasteiger charge is -2.31. The minimum atomic E-state index is -0.889. The Kier molecular flexibility index (Phi) is 3.96. The number of nitrogens with one attached hydrogen (secondary N) is 1. The molecule has 8 heteroatoms. The second-order valence-corrected chi connectivity index (χ2v) is 6.56. The molecule has 3 heterocycles. The first kappa shape index (κ1) is 15.8. The van der Waals surface area contributed by atoms with Crippen LogP contribution in [0.5, 0.6) is 0 Å². The summed E-state index contributed by atoms with van der Waals surface area (Å²) in [7, 11) is 1.77. The molecule has 3 aromatic rings. The van der Waals surface area contributed by atoms with Crippen LogP contribution in [-0.4, -0.2) is 54.3 Å². The number of aromatic carboxylic acids is 1. The van der Waals surface area contributed by atoms with Gasteiger partial charge in [0, 0.05) is 17.1 Å². The van der Waals surface area contributed by atoms with Gasteiger partial charge in [0.15, 0.2) is 5.82 Å². The molecule has 130 valence electrons. The molecule has 1 aliphatic heterocycles. The number of H-pyrrole nitrogens is 1. The first-order valence-electron chi connectivity index (χ1n) is 8.39. The summed E-state index contributed by atoms with van der Waals surface area (Å²) < 4.78 is 0. The zero-order valence-electron chi connectivity index (χ0n) is 14.0. The van der Waals surface area contributed by atoms with Gasteiger partial charge >= 0.3 is 5.97 Å². The van der Waals surface area contributed by atoms with E-state index < -0.39 is 5.97 Å². The maximum Gasteiger partial charge on any atom is 0.335 e. The van der Waals surface area contributed by atoms with Crippen molar-refractivity contribution in [3.05, 3.63) is 41.3 Å². The fourth-order valence-electron chi connectivity index (χ4n) is 3.60. The molecule has 1 aliphatic rings. The molecule has 1 saturated heterocycles. The molecule has 1 aromatic carbocycles. The number of carboxylic acid groups (broad SMARTS) is 1. The number of nitrogens with zero attached hydrogens (tertiary/aromatic N) is 5. The van der Waals surface area contributed by atoms with Crippen LogP contribution in [0, 0.1) is 0 Å². The van der Waals surface area contributed by atoms with Gasteiger partial charge in [0.25, 0.3) is 0 Å². The van der Waals surface area contributed by atoms with E-state index in [1.807, 2.05) is 12.3 Å². The number of piperidine rings is 1. The average Bonchev–Trinajstić information content (AvgIpc) is 3.21. The third-order valence-electron chi connectivity index (χ3n) is 4.90. The highest BCUT2D eigenvalue weighted by Gasteiger charge is 2.24. The summed E-state index contributed by atoms with van der Waals surface area (Å²) in [5.74, 6) is 0.295. The molecular weight excluding hydrogens is 320 g/mol. The molecule has 4 rings (SSSR count). The van der Waals surface area contributed by atoms with Crippen molar-refractivity contribution in [2.75, 3.05) is 13.1 Å². The Balaban J connectivity index is 1.48. The zero-order chi connectivity index (χ0) is 17.4. The van der Waals surface area contributed by atoms with Crippen molar-refractivity contribution >= 4 is 16.9 Å². The molecule has 1 fully saturated rings. The van der Waals surface area contributed by atoms with Gasteiger partial charge in [-0.25, -0.2) is 4.79 Å². The fourth-order valence-corrected chi connectivity index (χ4v) is 3.60. The molecule has 0 spiro atoms. The van der Waals surface area contributed by atoms with E-state index in [-0.39, 0.29) is 0 Å². The monoisotopic (exact) mass is 340 g/mol. The third-order valence-corrected chi connectivity index (χ3v) is 4.90. The molecular formula is C17H20N6O2. The molecule has 2 N–H and O–H groups in total. The number of likely N-dealkylation sites (tertiary alicyclic amines) is 1. The highest BCUT2D eigenvalue weighted by molar-refractivity contribution is 5.94. The number of aryl methyl sites for hydroxylation is 1. The lowest BCUT2D eigenvalue weighted by Crippen LogP contribution is -2.32. The molecule has 0 atom stereocenters. The van der Waals surface area contributed by atoms with Crippen LogP contribution in [-0.2, 0) is 13.6 Å². The second-order valence-electron chi connectivity index (χ2n) is 6.56. The first-order valence-corrected chi connectivity index (χ1v) is 8.39. The van der Waals surface area contributed by atoms with E-state index in [1.54, 1.807) is 19.2 Å². The predicted octanol–water partition coefficient (Wildman–Crippen LogP) is 1.77. The molecule has 0 saturated carbocycles. The van der Waals surface area contributed by atoms with Crippen molar-refractivity contribution in [2.45, 2.75) is 25.3 Å². The van der Waals surface area contributed by atoms with Crippen LogP contribution in [0.25, 0.3) is 10.9 Å². The summed E-state index contributed by atoms with van der Waals surface area (Å²) in [6.45, 7) is 2.65. The number of rotatable bonds is 4. The third kappa shape index (κ3) is 3.12.